The summed E-state index contributed by atoms with van der Waals surface area (Å²) < 4.78 is 12.7. The Kier molecular flexibility index (Phi) is 28.0. The van der Waals surface area contributed by atoms with Gasteiger partial charge in [0.2, 0.25) is 15.1 Å². The number of halogens is 3. The Hall–Kier alpha value is -0.0762. The molecule has 0 aliphatic carbocycles. The van der Waals surface area contributed by atoms with Gasteiger partial charge in [-0.3, -0.25) is 0 Å². The Morgan fingerprint density at radius 1 is 0.857 bits per heavy atom. The second-order valence-corrected chi connectivity index (χ2v) is 17.0. The van der Waals surface area contributed by atoms with Crippen LogP contribution in [-0.2, 0) is 0 Å². The lowest BCUT2D eigenvalue weighted by molar-refractivity contribution is 0.764. The Balaban J connectivity index is -0.0000000711. The van der Waals surface area contributed by atoms with Crippen LogP contribution in [0.2, 0.25) is 31.7 Å². The average molecular weight is 376 g/mol. The maximum atomic E-state index is 12.7. The van der Waals surface area contributed by atoms with Crippen LogP contribution in [0.25, 0.3) is 0 Å². The summed E-state index contributed by atoms with van der Waals surface area (Å²) in [5.74, 6) is 0. The molecule has 7 heteroatoms. The van der Waals surface area contributed by atoms with Crippen LogP contribution in [0.15, 0.2) is 0 Å². The number of hydrogen-bond acceptors (Lipinski definition) is 2. The molecule has 0 unspecified atom stereocenters. The number of hydrogen-bond donors (Lipinski definition) is 0. The van der Waals surface area contributed by atoms with Gasteiger partial charge < -0.3 is 4.11 Å². The average Bonchev–Trinajstić information content (AvgIpc) is 2.16. The molecule has 0 N–H and O–H groups in total. The molecule has 0 rings (SSSR count). The van der Waals surface area contributed by atoms with E-state index in [2.05, 4.69) is 0 Å². The van der Waals surface area contributed by atoms with Crippen molar-refractivity contribution in [1.29, 1.82) is 10.5 Å². The summed E-state index contributed by atoms with van der Waals surface area (Å²) in [5.41, 5.74) is 0. The van der Waals surface area contributed by atoms with Gasteiger partial charge in [0.05, 0.1) is 12.1 Å². The first-order valence-electron chi connectivity index (χ1n) is 5.93. The van der Waals surface area contributed by atoms with Crippen LogP contribution in [0.1, 0.15) is 48.0 Å². The maximum Gasteiger partial charge on any atom is 0.248 e. The predicted molar refractivity (Wildman–Crippen MR) is 101 cm³/mol. The van der Waals surface area contributed by atoms with Gasteiger partial charge in [-0.15, -0.1) is 22.2 Å². The van der Waals surface area contributed by atoms with Crippen molar-refractivity contribution in [3.63, 3.8) is 0 Å². The van der Waals surface area contributed by atoms with Crippen molar-refractivity contribution < 1.29 is 4.11 Å². The van der Waals surface area contributed by atoms with Crippen LogP contribution in [-0.4, -0.2) is 15.1 Å². The van der Waals surface area contributed by atoms with Gasteiger partial charge in [0.1, 0.15) is 0 Å². The van der Waals surface area contributed by atoms with E-state index in [-0.39, 0.29) is 22.3 Å². The lowest BCUT2D eigenvalue weighted by Crippen LogP contribution is -2.16. The van der Waals surface area contributed by atoms with E-state index in [0.717, 1.165) is 18.9 Å². The highest BCUT2D eigenvalue weighted by Gasteiger charge is 2.19. The Morgan fingerprint density at radius 2 is 1.19 bits per heavy atom. The number of unbranched alkanes of at least 4 members (excludes halogenated alkanes) is 2. The van der Waals surface area contributed by atoms with Gasteiger partial charge in [-0.05, 0) is 44.6 Å². The summed E-state index contributed by atoms with van der Waals surface area (Å²) in [6, 6.07) is 5.49. The van der Waals surface area contributed by atoms with Crippen LogP contribution in [0.3, 0.4) is 0 Å². The first-order valence-corrected chi connectivity index (χ1v) is 13.7. The SMILES string of the molecule is C.C.C.C[Si](C)(F)CCCC#N.C[Si](Cl)(Cl)CCCC#N. The summed E-state index contributed by atoms with van der Waals surface area (Å²) in [6.07, 6.45) is 2.64. The zero-order valence-corrected chi connectivity index (χ0v) is 14.8. The van der Waals surface area contributed by atoms with Crippen LogP contribution in [0.5, 0.6) is 0 Å². The summed E-state index contributed by atoms with van der Waals surface area (Å²) in [5, 5.41) is 16.2. The third-order valence-corrected chi connectivity index (χ3v) is 5.87. The van der Waals surface area contributed by atoms with E-state index in [1.165, 1.54) is 0 Å². The molecule has 0 atom stereocenters. The van der Waals surface area contributed by atoms with Crippen LogP contribution in [0, 0.1) is 22.7 Å². The zero-order valence-electron chi connectivity index (χ0n) is 11.3. The van der Waals surface area contributed by atoms with Gasteiger partial charge >= 0.3 is 0 Å². The lowest BCUT2D eigenvalue weighted by atomic mass is 10.4. The van der Waals surface area contributed by atoms with E-state index in [0.29, 0.717) is 18.9 Å². The summed E-state index contributed by atoms with van der Waals surface area (Å²) >= 11 is 11.5. The molecule has 0 aromatic carbocycles. The van der Waals surface area contributed by atoms with Gasteiger partial charge in [-0.1, -0.05) is 22.3 Å². The van der Waals surface area contributed by atoms with E-state index in [9.17, 15) is 4.11 Å². The number of nitrogens with zero attached hydrogens (tertiary/aromatic N) is 2. The molecule has 0 fully saturated rings. The van der Waals surface area contributed by atoms with Crippen molar-refractivity contribution in [1.82, 2.24) is 0 Å². The Labute approximate surface area is 143 Å². The molecule has 0 amide bonds. The largest absolute Gasteiger partial charge is 0.314 e. The third-order valence-electron chi connectivity index (χ3n) is 1.96. The highest BCUT2D eigenvalue weighted by Crippen LogP contribution is 2.21. The van der Waals surface area contributed by atoms with Crippen molar-refractivity contribution in [2.45, 2.75) is 79.7 Å². The van der Waals surface area contributed by atoms with E-state index in [1.54, 1.807) is 13.1 Å². The van der Waals surface area contributed by atoms with Crippen molar-refractivity contribution in [2.24, 2.45) is 0 Å². The maximum absolute atomic E-state index is 12.7. The van der Waals surface area contributed by atoms with Gasteiger partial charge in [0, 0.05) is 12.8 Å². The monoisotopic (exact) mass is 374 g/mol. The summed E-state index contributed by atoms with van der Waals surface area (Å²) in [4.78, 5) is 0. The minimum absolute atomic E-state index is 0. The molecule has 0 saturated carbocycles. The quantitative estimate of drug-likeness (QED) is 0.280. The predicted octanol–water partition coefficient (Wildman–Crippen LogP) is 7.21. The Morgan fingerprint density at radius 3 is 1.43 bits per heavy atom. The number of nitriles is 2. The van der Waals surface area contributed by atoms with E-state index in [1.807, 2.05) is 18.7 Å². The summed E-state index contributed by atoms with van der Waals surface area (Å²) in [6.45, 7) is 3.31. The minimum Gasteiger partial charge on any atom is -0.314 e. The minimum atomic E-state index is -2.35. The second kappa shape index (κ2) is 18.0. The van der Waals surface area contributed by atoms with Gasteiger partial charge in [0.15, 0.2) is 0 Å². The standard InChI is InChI=1S/C6H12FNSi.C5H9Cl2NSi.3CH4/c1-9(2,7)6-4-3-5-8;1-9(6,7)5-3-2-4-8;;;/h3-4,6H2,1-2H3;2-3,5H2,1H3;3*1H4. The number of rotatable bonds is 6. The van der Waals surface area contributed by atoms with Crippen molar-refractivity contribution in [2.75, 3.05) is 0 Å². The molecule has 0 aliphatic rings. The molecule has 2 nitrogen and oxygen atoms in total. The van der Waals surface area contributed by atoms with Crippen LogP contribution >= 0.6 is 22.2 Å². The van der Waals surface area contributed by atoms with Gasteiger partial charge in [-0.2, -0.15) is 10.5 Å². The normalized spacial score (nSPS) is 9.33. The van der Waals surface area contributed by atoms with Crippen LogP contribution in [0.4, 0.5) is 4.11 Å². The van der Waals surface area contributed by atoms with Crippen molar-refractivity contribution in [3.8, 4) is 12.1 Å². The molecule has 0 bridgehead atoms. The van der Waals surface area contributed by atoms with Crippen LogP contribution < -0.4 is 0 Å². The molecule has 0 aromatic rings. The molecule has 0 aliphatic heterocycles. The van der Waals surface area contributed by atoms with Crippen molar-refractivity contribution >= 4 is 37.3 Å². The van der Waals surface area contributed by atoms with Crippen molar-refractivity contribution in [3.05, 3.63) is 0 Å². The second-order valence-electron chi connectivity index (χ2n) is 4.81. The van der Waals surface area contributed by atoms with Gasteiger partial charge in [0.25, 0.3) is 0 Å². The fourth-order valence-corrected chi connectivity index (χ4v) is 3.68. The highest BCUT2D eigenvalue weighted by atomic mass is 35.7. The fourth-order valence-electron chi connectivity index (χ4n) is 1.07. The first kappa shape index (κ1) is 32.8. The van der Waals surface area contributed by atoms with E-state index >= 15 is 0 Å². The molecule has 0 spiro atoms. The molecule has 0 saturated heterocycles. The molecule has 0 radical (unpaired) electrons. The third kappa shape index (κ3) is 45.0. The fraction of sp³-hybridized carbons (Fsp3) is 0.857. The zero-order chi connectivity index (χ0) is 14.7. The summed E-state index contributed by atoms with van der Waals surface area (Å²) in [7, 11) is -2.35. The molecule has 0 aromatic heterocycles. The molecule has 0 heterocycles. The highest BCUT2D eigenvalue weighted by molar-refractivity contribution is 7.44. The molecular formula is C14H33Cl2FN2Si2. The van der Waals surface area contributed by atoms with Gasteiger partial charge in [-0.25, -0.2) is 0 Å². The van der Waals surface area contributed by atoms with E-state index in [4.69, 9.17) is 32.7 Å². The lowest BCUT2D eigenvalue weighted by Gasteiger charge is -2.07. The Bertz CT molecular complexity index is 259. The molecular weight excluding hydrogens is 342 g/mol. The molecule has 21 heavy (non-hydrogen) atoms. The molecule has 128 valence electrons. The first-order chi connectivity index (χ1) is 8.12. The topological polar surface area (TPSA) is 47.6 Å². The smallest absolute Gasteiger partial charge is 0.248 e. The van der Waals surface area contributed by atoms with E-state index < -0.39 is 15.1 Å².